The maximum atomic E-state index is 11.4. The predicted octanol–water partition coefficient (Wildman–Crippen LogP) is 2.94. The molecule has 0 aromatic heterocycles. The van der Waals surface area contributed by atoms with E-state index in [2.05, 4.69) is 5.32 Å². The first kappa shape index (κ1) is 14.1. The summed E-state index contributed by atoms with van der Waals surface area (Å²) in [6.45, 7) is 1.87. The van der Waals surface area contributed by atoms with Crippen molar-refractivity contribution in [3.05, 3.63) is 42.0 Å². The van der Waals surface area contributed by atoms with Crippen LogP contribution in [0.1, 0.15) is 18.5 Å². The smallest absolute Gasteiger partial charge is 0.341 e. The summed E-state index contributed by atoms with van der Waals surface area (Å²) in [6.07, 6.45) is 0. The van der Waals surface area contributed by atoms with Crippen molar-refractivity contribution < 1.29 is 14.7 Å². The topological polar surface area (TPSA) is 61.8 Å². The normalized spacial score (nSPS) is 12.0. The van der Waals surface area contributed by atoms with Crippen LogP contribution in [0.25, 0.3) is 10.8 Å². The molecule has 5 heteroatoms. The number of ether oxygens (including phenoxy) is 1. The van der Waals surface area contributed by atoms with Gasteiger partial charge in [0.25, 0.3) is 0 Å². The van der Waals surface area contributed by atoms with E-state index in [1.54, 1.807) is 7.11 Å². The van der Waals surface area contributed by atoms with Crippen molar-refractivity contribution in [3.63, 3.8) is 0 Å². The van der Waals surface area contributed by atoms with Crippen LogP contribution >= 0.6 is 0 Å². The van der Waals surface area contributed by atoms with E-state index in [-0.39, 0.29) is 6.04 Å². The minimum Gasteiger partial charge on any atom is -0.497 e. The Labute approximate surface area is 117 Å². The number of nitrogens with one attached hydrogen (secondary N) is 1. The number of rotatable bonds is 3. The Kier molecular flexibility index (Phi) is 4.10. The number of carbonyl (C=O) groups excluding carboxylic acids is 1. The highest BCUT2D eigenvalue weighted by Gasteiger charge is 2.12. The fraction of sp³-hybridized carbons (Fsp3) is 0.267. The second kappa shape index (κ2) is 5.79. The minimum absolute atomic E-state index is 0.191. The molecule has 0 aliphatic heterocycles. The molecule has 5 nitrogen and oxygen atoms in total. The molecule has 0 bridgehead atoms. The quantitative estimate of drug-likeness (QED) is 0.668. The van der Waals surface area contributed by atoms with E-state index in [9.17, 15) is 4.79 Å². The number of methoxy groups -OCH3 is 1. The zero-order valence-electron chi connectivity index (χ0n) is 11.8. The second-order valence-corrected chi connectivity index (χ2v) is 4.67. The van der Waals surface area contributed by atoms with Crippen molar-refractivity contribution in [2.24, 2.45) is 0 Å². The molecule has 0 aliphatic rings. The van der Waals surface area contributed by atoms with Crippen LogP contribution in [0.5, 0.6) is 5.75 Å². The molecule has 2 aromatic rings. The largest absolute Gasteiger partial charge is 0.497 e. The third kappa shape index (κ3) is 3.00. The summed E-state index contributed by atoms with van der Waals surface area (Å²) >= 11 is 0. The van der Waals surface area contributed by atoms with Gasteiger partial charge in [0, 0.05) is 7.05 Å². The lowest BCUT2D eigenvalue weighted by Gasteiger charge is -2.17. The maximum Gasteiger partial charge on any atom is 0.341 e. The molecule has 2 rings (SSSR count). The number of carbonyl (C=O) groups is 1. The standard InChI is InChI=1S/C15H18N2O3/c1-10(16-15(18)17(2)19)11-4-5-13-9-14(20-3)7-6-12(13)8-11/h4-10,19H,1-3H3,(H,16,18)/t10-/m0/s1. The highest BCUT2D eigenvalue weighted by atomic mass is 16.5. The van der Waals surface area contributed by atoms with E-state index >= 15 is 0 Å². The zero-order valence-corrected chi connectivity index (χ0v) is 11.8. The summed E-state index contributed by atoms with van der Waals surface area (Å²) in [6, 6.07) is 11.1. The Hall–Kier alpha value is -2.27. The van der Waals surface area contributed by atoms with Gasteiger partial charge in [-0.1, -0.05) is 18.2 Å². The Morgan fingerprint density at radius 1 is 1.25 bits per heavy atom. The number of fused-ring (bicyclic) bond motifs is 1. The summed E-state index contributed by atoms with van der Waals surface area (Å²) < 4.78 is 5.19. The molecule has 0 fully saturated rings. The molecule has 0 saturated heterocycles. The van der Waals surface area contributed by atoms with E-state index in [0.717, 1.165) is 22.1 Å². The Morgan fingerprint density at radius 2 is 1.90 bits per heavy atom. The summed E-state index contributed by atoms with van der Waals surface area (Å²) in [5, 5.41) is 14.4. The number of hydrogen-bond donors (Lipinski definition) is 2. The fourth-order valence-corrected chi connectivity index (χ4v) is 2.00. The number of hydrogen-bond acceptors (Lipinski definition) is 3. The SMILES string of the molecule is COc1ccc2cc([C@H](C)NC(=O)N(C)O)ccc2c1. The average Bonchev–Trinajstić information content (AvgIpc) is 2.45. The number of urea groups is 1. The first-order chi connectivity index (χ1) is 9.51. The van der Waals surface area contributed by atoms with Gasteiger partial charge in [0.05, 0.1) is 13.2 Å². The van der Waals surface area contributed by atoms with Gasteiger partial charge < -0.3 is 10.1 Å². The molecule has 0 aliphatic carbocycles. The molecule has 20 heavy (non-hydrogen) atoms. The average molecular weight is 274 g/mol. The van der Waals surface area contributed by atoms with Gasteiger partial charge in [0.15, 0.2) is 0 Å². The zero-order chi connectivity index (χ0) is 14.7. The van der Waals surface area contributed by atoms with E-state index in [1.165, 1.54) is 7.05 Å². The van der Waals surface area contributed by atoms with Crippen molar-refractivity contribution in [2.45, 2.75) is 13.0 Å². The highest BCUT2D eigenvalue weighted by Crippen LogP contribution is 2.24. The van der Waals surface area contributed by atoms with Crippen LogP contribution in [-0.2, 0) is 0 Å². The lowest BCUT2D eigenvalue weighted by Crippen LogP contribution is -2.36. The van der Waals surface area contributed by atoms with Gasteiger partial charge in [-0.2, -0.15) is 0 Å². The summed E-state index contributed by atoms with van der Waals surface area (Å²) in [5.74, 6) is 0.813. The van der Waals surface area contributed by atoms with Crippen LogP contribution in [0.15, 0.2) is 36.4 Å². The van der Waals surface area contributed by atoms with Gasteiger partial charge in [0.2, 0.25) is 0 Å². The predicted molar refractivity (Wildman–Crippen MR) is 77.0 cm³/mol. The van der Waals surface area contributed by atoms with Crippen LogP contribution < -0.4 is 10.1 Å². The Bertz CT molecular complexity index is 626. The molecule has 106 valence electrons. The molecular formula is C15H18N2O3. The lowest BCUT2D eigenvalue weighted by atomic mass is 10.0. The van der Waals surface area contributed by atoms with E-state index in [1.807, 2.05) is 43.3 Å². The highest BCUT2D eigenvalue weighted by molar-refractivity contribution is 5.84. The fourth-order valence-electron chi connectivity index (χ4n) is 2.00. The van der Waals surface area contributed by atoms with E-state index < -0.39 is 6.03 Å². The van der Waals surface area contributed by atoms with Crippen LogP contribution in [-0.4, -0.2) is 30.5 Å². The van der Waals surface area contributed by atoms with Crippen molar-refractivity contribution in [1.29, 1.82) is 0 Å². The maximum absolute atomic E-state index is 11.4. The number of benzene rings is 2. The van der Waals surface area contributed by atoms with Gasteiger partial charge in [-0.15, -0.1) is 0 Å². The second-order valence-electron chi connectivity index (χ2n) is 4.67. The van der Waals surface area contributed by atoms with Gasteiger partial charge in [-0.25, -0.2) is 9.86 Å². The monoisotopic (exact) mass is 274 g/mol. The third-order valence-electron chi connectivity index (χ3n) is 3.21. The first-order valence-corrected chi connectivity index (χ1v) is 6.32. The van der Waals surface area contributed by atoms with Gasteiger partial charge in [-0.3, -0.25) is 5.21 Å². The summed E-state index contributed by atoms with van der Waals surface area (Å²) in [7, 11) is 2.92. The van der Waals surface area contributed by atoms with Crippen LogP contribution in [0, 0.1) is 0 Å². The molecule has 0 unspecified atom stereocenters. The molecule has 0 heterocycles. The van der Waals surface area contributed by atoms with Crippen molar-refractivity contribution >= 4 is 16.8 Å². The number of nitrogens with zero attached hydrogens (tertiary/aromatic N) is 1. The number of amides is 2. The molecule has 0 spiro atoms. The van der Waals surface area contributed by atoms with Crippen LogP contribution in [0.3, 0.4) is 0 Å². The lowest BCUT2D eigenvalue weighted by molar-refractivity contribution is -0.0192. The first-order valence-electron chi connectivity index (χ1n) is 6.32. The van der Waals surface area contributed by atoms with Gasteiger partial charge >= 0.3 is 6.03 Å². The van der Waals surface area contributed by atoms with Crippen LogP contribution in [0.2, 0.25) is 0 Å². The van der Waals surface area contributed by atoms with Crippen molar-refractivity contribution in [1.82, 2.24) is 10.4 Å². The molecule has 2 aromatic carbocycles. The Morgan fingerprint density at radius 3 is 2.55 bits per heavy atom. The van der Waals surface area contributed by atoms with Crippen molar-refractivity contribution in [2.75, 3.05) is 14.2 Å². The van der Waals surface area contributed by atoms with Gasteiger partial charge in [-0.05, 0) is 41.5 Å². The van der Waals surface area contributed by atoms with Crippen molar-refractivity contribution in [3.8, 4) is 5.75 Å². The van der Waals surface area contributed by atoms with E-state index in [4.69, 9.17) is 9.94 Å². The van der Waals surface area contributed by atoms with Gasteiger partial charge in [0.1, 0.15) is 5.75 Å². The molecular weight excluding hydrogens is 256 g/mol. The molecule has 0 radical (unpaired) electrons. The molecule has 2 amide bonds. The van der Waals surface area contributed by atoms with E-state index in [0.29, 0.717) is 5.06 Å². The number of hydroxylamine groups is 2. The molecule has 2 N–H and O–H groups in total. The minimum atomic E-state index is -0.535. The summed E-state index contributed by atoms with van der Waals surface area (Å²) in [4.78, 5) is 11.4. The Balaban J connectivity index is 2.25. The van der Waals surface area contributed by atoms with Crippen LogP contribution in [0.4, 0.5) is 4.79 Å². The summed E-state index contributed by atoms with van der Waals surface area (Å²) in [5.41, 5.74) is 0.970. The molecule has 0 saturated carbocycles. The third-order valence-corrected chi connectivity index (χ3v) is 3.21. The molecule has 1 atom stereocenters.